The van der Waals surface area contributed by atoms with Gasteiger partial charge in [0.25, 0.3) is 0 Å². The van der Waals surface area contributed by atoms with Crippen molar-refractivity contribution in [1.29, 1.82) is 0 Å². The van der Waals surface area contributed by atoms with Crippen LogP contribution in [0.5, 0.6) is 11.5 Å². The van der Waals surface area contributed by atoms with Crippen molar-refractivity contribution in [3.8, 4) is 11.5 Å². The van der Waals surface area contributed by atoms with Crippen molar-refractivity contribution in [2.24, 2.45) is 0 Å². The molecule has 0 N–H and O–H groups in total. The molecule has 3 rings (SSSR count). The second-order valence-electron chi connectivity index (χ2n) is 4.92. The minimum absolute atomic E-state index is 0.614. The van der Waals surface area contributed by atoms with Gasteiger partial charge in [0.15, 0.2) is 5.75 Å². The molecule has 3 nitrogen and oxygen atoms in total. The molecule has 0 spiro atoms. The van der Waals surface area contributed by atoms with Gasteiger partial charge < -0.3 is 9.47 Å². The predicted molar refractivity (Wildman–Crippen MR) is 86.3 cm³/mol. The zero-order chi connectivity index (χ0) is 14.8. The number of ether oxygens (including phenoxy) is 2. The Labute approximate surface area is 124 Å². The van der Waals surface area contributed by atoms with Gasteiger partial charge in [-0.05, 0) is 32.4 Å². The van der Waals surface area contributed by atoms with Crippen LogP contribution in [0.15, 0.2) is 36.5 Å². The van der Waals surface area contributed by atoms with Crippen LogP contribution in [0.1, 0.15) is 19.4 Å². The quantitative estimate of drug-likeness (QED) is 0.660. The summed E-state index contributed by atoms with van der Waals surface area (Å²) in [6, 6.07) is 10.2. The Hall–Kier alpha value is -2.29. The van der Waals surface area contributed by atoms with E-state index in [0.29, 0.717) is 13.2 Å². The smallest absolute Gasteiger partial charge is 0.153 e. The van der Waals surface area contributed by atoms with Crippen LogP contribution in [-0.4, -0.2) is 18.2 Å². The highest BCUT2D eigenvalue weighted by atomic mass is 16.5. The second-order valence-corrected chi connectivity index (χ2v) is 4.92. The van der Waals surface area contributed by atoms with E-state index in [-0.39, 0.29) is 0 Å². The number of benzene rings is 2. The molecule has 0 fully saturated rings. The van der Waals surface area contributed by atoms with Crippen LogP contribution < -0.4 is 9.47 Å². The largest absolute Gasteiger partial charge is 0.493 e. The Balaban J connectivity index is 2.53. The molecule has 0 bridgehead atoms. The van der Waals surface area contributed by atoms with Crippen LogP contribution in [0.4, 0.5) is 0 Å². The lowest BCUT2D eigenvalue weighted by molar-refractivity contribution is 0.342. The SMILES string of the molecule is CCOc1c2ccccc2c(OCC)c2c(C)ccnc12. The summed E-state index contributed by atoms with van der Waals surface area (Å²) in [6.07, 6.45) is 1.82. The fourth-order valence-electron chi connectivity index (χ4n) is 2.74. The van der Waals surface area contributed by atoms with Crippen LogP contribution in [-0.2, 0) is 0 Å². The van der Waals surface area contributed by atoms with E-state index >= 15 is 0 Å². The maximum absolute atomic E-state index is 5.95. The number of fused-ring (bicyclic) bond motifs is 2. The van der Waals surface area contributed by atoms with Gasteiger partial charge in [-0.25, -0.2) is 0 Å². The van der Waals surface area contributed by atoms with Gasteiger partial charge in [0.2, 0.25) is 0 Å². The van der Waals surface area contributed by atoms with Crippen molar-refractivity contribution in [2.45, 2.75) is 20.8 Å². The third-order valence-electron chi connectivity index (χ3n) is 3.60. The molecule has 1 heterocycles. The summed E-state index contributed by atoms with van der Waals surface area (Å²) in [5.74, 6) is 1.74. The molecular weight excluding hydrogens is 262 g/mol. The van der Waals surface area contributed by atoms with Crippen LogP contribution in [0, 0.1) is 6.92 Å². The Morgan fingerprint density at radius 3 is 2.19 bits per heavy atom. The van der Waals surface area contributed by atoms with Gasteiger partial charge in [-0.2, -0.15) is 0 Å². The van der Waals surface area contributed by atoms with E-state index in [2.05, 4.69) is 24.0 Å². The molecule has 0 aliphatic rings. The Morgan fingerprint density at radius 1 is 0.905 bits per heavy atom. The summed E-state index contributed by atoms with van der Waals surface area (Å²) in [5, 5.41) is 3.17. The van der Waals surface area contributed by atoms with E-state index in [4.69, 9.17) is 9.47 Å². The first-order valence-electron chi connectivity index (χ1n) is 7.33. The van der Waals surface area contributed by atoms with Crippen LogP contribution >= 0.6 is 0 Å². The molecule has 0 atom stereocenters. The number of hydrogen-bond donors (Lipinski definition) is 0. The number of pyridine rings is 1. The summed E-state index contributed by atoms with van der Waals surface area (Å²) in [4.78, 5) is 4.55. The van der Waals surface area contributed by atoms with Crippen molar-refractivity contribution < 1.29 is 9.47 Å². The van der Waals surface area contributed by atoms with E-state index in [1.807, 2.05) is 38.2 Å². The minimum atomic E-state index is 0.614. The first kappa shape index (κ1) is 13.7. The lowest BCUT2D eigenvalue weighted by Gasteiger charge is -2.17. The summed E-state index contributed by atoms with van der Waals surface area (Å²) in [7, 11) is 0. The second kappa shape index (κ2) is 5.60. The van der Waals surface area contributed by atoms with Gasteiger partial charge in [0.05, 0.1) is 13.2 Å². The summed E-state index contributed by atoms with van der Waals surface area (Å²) in [5.41, 5.74) is 2.02. The molecule has 3 aromatic rings. The lowest BCUT2D eigenvalue weighted by Crippen LogP contribution is -2.00. The predicted octanol–water partition coefficient (Wildman–Crippen LogP) is 4.49. The molecule has 0 aliphatic carbocycles. The third kappa shape index (κ3) is 2.19. The Morgan fingerprint density at radius 2 is 1.52 bits per heavy atom. The summed E-state index contributed by atoms with van der Waals surface area (Å²) < 4.78 is 11.9. The number of aromatic nitrogens is 1. The maximum Gasteiger partial charge on any atom is 0.153 e. The topological polar surface area (TPSA) is 31.4 Å². The molecule has 0 saturated heterocycles. The molecular formula is C18H19NO2. The number of rotatable bonds is 4. The first-order chi connectivity index (χ1) is 10.3. The summed E-state index contributed by atoms with van der Waals surface area (Å²) >= 11 is 0. The zero-order valence-electron chi connectivity index (χ0n) is 12.6. The van der Waals surface area contributed by atoms with Crippen molar-refractivity contribution in [3.63, 3.8) is 0 Å². The number of nitrogens with zero attached hydrogens (tertiary/aromatic N) is 1. The zero-order valence-corrected chi connectivity index (χ0v) is 12.6. The van der Waals surface area contributed by atoms with E-state index in [1.54, 1.807) is 0 Å². The summed E-state index contributed by atoms with van der Waals surface area (Å²) in [6.45, 7) is 7.32. The highest BCUT2D eigenvalue weighted by Gasteiger charge is 2.17. The highest BCUT2D eigenvalue weighted by molar-refractivity contribution is 6.10. The van der Waals surface area contributed by atoms with Gasteiger partial charge in [0.1, 0.15) is 11.3 Å². The maximum atomic E-state index is 5.95. The molecule has 108 valence electrons. The standard InChI is InChI=1S/C18H19NO2/c1-4-20-17-13-8-6-7-9-14(13)18(21-5-2)16-15(17)12(3)10-11-19-16/h6-11H,4-5H2,1-3H3. The average molecular weight is 281 g/mol. The fraction of sp³-hybridized carbons (Fsp3) is 0.278. The molecule has 0 aliphatic heterocycles. The number of hydrogen-bond acceptors (Lipinski definition) is 3. The molecule has 0 radical (unpaired) electrons. The van der Waals surface area contributed by atoms with E-state index in [0.717, 1.165) is 38.7 Å². The molecule has 0 unspecified atom stereocenters. The van der Waals surface area contributed by atoms with Gasteiger partial charge >= 0.3 is 0 Å². The number of aryl methyl sites for hydroxylation is 1. The van der Waals surface area contributed by atoms with E-state index < -0.39 is 0 Å². The molecule has 3 heteroatoms. The van der Waals surface area contributed by atoms with Crippen molar-refractivity contribution in [1.82, 2.24) is 4.98 Å². The average Bonchev–Trinajstić information content (AvgIpc) is 2.51. The highest BCUT2D eigenvalue weighted by Crippen LogP contribution is 2.42. The molecule has 2 aromatic carbocycles. The lowest BCUT2D eigenvalue weighted by atomic mass is 10.0. The third-order valence-corrected chi connectivity index (χ3v) is 3.60. The normalized spacial score (nSPS) is 11.0. The molecule has 1 aromatic heterocycles. The van der Waals surface area contributed by atoms with Gasteiger partial charge in [0, 0.05) is 22.4 Å². The Kier molecular flexibility index (Phi) is 3.65. The van der Waals surface area contributed by atoms with E-state index in [1.165, 1.54) is 0 Å². The van der Waals surface area contributed by atoms with Gasteiger partial charge in [-0.3, -0.25) is 4.98 Å². The monoisotopic (exact) mass is 281 g/mol. The van der Waals surface area contributed by atoms with Crippen molar-refractivity contribution >= 4 is 21.7 Å². The fourth-order valence-corrected chi connectivity index (χ4v) is 2.74. The van der Waals surface area contributed by atoms with Crippen LogP contribution in [0.3, 0.4) is 0 Å². The molecule has 0 amide bonds. The molecule has 21 heavy (non-hydrogen) atoms. The molecule has 0 saturated carbocycles. The van der Waals surface area contributed by atoms with Gasteiger partial charge in [-0.1, -0.05) is 24.3 Å². The van der Waals surface area contributed by atoms with Crippen molar-refractivity contribution in [2.75, 3.05) is 13.2 Å². The van der Waals surface area contributed by atoms with Crippen LogP contribution in [0.25, 0.3) is 21.7 Å². The Bertz CT molecular complexity index is 796. The van der Waals surface area contributed by atoms with Crippen LogP contribution in [0.2, 0.25) is 0 Å². The first-order valence-corrected chi connectivity index (χ1v) is 7.33. The van der Waals surface area contributed by atoms with Gasteiger partial charge in [-0.15, -0.1) is 0 Å². The van der Waals surface area contributed by atoms with E-state index in [9.17, 15) is 0 Å². The van der Waals surface area contributed by atoms with Crippen molar-refractivity contribution in [3.05, 3.63) is 42.1 Å². The minimum Gasteiger partial charge on any atom is -0.493 e.